The van der Waals surface area contributed by atoms with Crippen LogP contribution in [0.25, 0.3) is 5.65 Å². The molecule has 1 saturated heterocycles. The highest BCUT2D eigenvalue weighted by atomic mass is 16.5. The van der Waals surface area contributed by atoms with E-state index in [1.807, 2.05) is 0 Å². The first-order valence-electron chi connectivity index (χ1n) is 8.35. The summed E-state index contributed by atoms with van der Waals surface area (Å²) >= 11 is 0. The topological polar surface area (TPSA) is 84.6 Å². The van der Waals surface area contributed by atoms with Gasteiger partial charge in [-0.2, -0.15) is 14.6 Å². The maximum Gasteiger partial charge on any atom is 0.228 e. The maximum absolute atomic E-state index is 5.19. The highest BCUT2D eigenvalue weighted by molar-refractivity contribution is 5.68. The van der Waals surface area contributed by atoms with Crippen molar-refractivity contribution in [3.8, 4) is 5.88 Å². The lowest BCUT2D eigenvalue weighted by molar-refractivity contribution is 0.396. The van der Waals surface area contributed by atoms with Crippen LogP contribution in [0.15, 0.2) is 24.7 Å². The van der Waals surface area contributed by atoms with Gasteiger partial charge in [-0.15, -0.1) is 10.2 Å². The molecule has 4 heterocycles. The van der Waals surface area contributed by atoms with E-state index in [0.717, 1.165) is 49.6 Å². The predicted molar refractivity (Wildman–Crippen MR) is 93.2 cm³/mol. The first kappa shape index (κ1) is 15.6. The second-order valence-electron chi connectivity index (χ2n) is 5.85. The van der Waals surface area contributed by atoms with Crippen molar-refractivity contribution in [2.24, 2.45) is 0 Å². The zero-order chi connectivity index (χ0) is 17.2. The number of hydrogen-bond donors (Lipinski definition) is 0. The molecule has 0 atom stereocenters. The summed E-state index contributed by atoms with van der Waals surface area (Å²) in [7, 11) is 1.61. The van der Waals surface area contributed by atoms with Gasteiger partial charge in [-0.25, -0.2) is 4.98 Å². The molecule has 0 saturated carbocycles. The molecule has 0 aliphatic carbocycles. The molecule has 1 aliphatic heterocycles. The molecule has 4 rings (SSSR count). The Morgan fingerprint density at radius 2 is 1.96 bits per heavy atom. The van der Waals surface area contributed by atoms with E-state index >= 15 is 0 Å². The van der Waals surface area contributed by atoms with E-state index < -0.39 is 0 Å². The monoisotopic (exact) mass is 340 g/mol. The Bertz CT molecular complexity index is 871. The second kappa shape index (κ2) is 6.50. The van der Waals surface area contributed by atoms with Gasteiger partial charge >= 0.3 is 0 Å². The van der Waals surface area contributed by atoms with Crippen LogP contribution >= 0.6 is 0 Å². The molecular formula is C16H20N8O. The highest BCUT2D eigenvalue weighted by Crippen LogP contribution is 2.23. The average Bonchev–Trinajstić information content (AvgIpc) is 3.16. The minimum absolute atomic E-state index is 0.583. The predicted octanol–water partition coefficient (Wildman–Crippen LogP) is 0.812. The summed E-state index contributed by atoms with van der Waals surface area (Å²) < 4.78 is 6.94. The number of piperazine rings is 1. The lowest BCUT2D eigenvalue weighted by Crippen LogP contribution is -2.47. The Hall–Kier alpha value is -2.97. The lowest BCUT2D eigenvalue weighted by Gasteiger charge is -2.36. The first-order chi connectivity index (χ1) is 12.3. The van der Waals surface area contributed by atoms with Gasteiger partial charge in [0.05, 0.1) is 18.5 Å². The number of aryl methyl sites for hydroxylation is 1. The molecule has 130 valence electrons. The van der Waals surface area contributed by atoms with Crippen LogP contribution in [0.4, 0.5) is 11.6 Å². The van der Waals surface area contributed by atoms with Crippen molar-refractivity contribution in [1.29, 1.82) is 0 Å². The Morgan fingerprint density at radius 3 is 2.72 bits per heavy atom. The summed E-state index contributed by atoms with van der Waals surface area (Å²) in [5.41, 5.74) is 2.90. The van der Waals surface area contributed by atoms with Crippen molar-refractivity contribution >= 4 is 17.3 Å². The summed E-state index contributed by atoms with van der Waals surface area (Å²) in [6.07, 6.45) is 4.25. The van der Waals surface area contributed by atoms with Gasteiger partial charge in [-0.3, -0.25) is 0 Å². The SMILES string of the molecule is CCc1cc(N2CCN(c3nccc(OC)n3)CC2)c2nncn2n1. The van der Waals surface area contributed by atoms with Crippen molar-refractivity contribution in [1.82, 2.24) is 29.8 Å². The third-order valence-electron chi connectivity index (χ3n) is 4.39. The van der Waals surface area contributed by atoms with Crippen LogP contribution in [0.5, 0.6) is 5.88 Å². The largest absolute Gasteiger partial charge is 0.481 e. The van der Waals surface area contributed by atoms with Crippen LogP contribution in [-0.4, -0.2) is 63.1 Å². The third kappa shape index (κ3) is 2.92. The molecule has 0 amide bonds. The molecule has 0 radical (unpaired) electrons. The van der Waals surface area contributed by atoms with Crippen LogP contribution in [0.2, 0.25) is 0 Å². The molecule has 0 spiro atoms. The average molecular weight is 340 g/mol. The fourth-order valence-corrected chi connectivity index (χ4v) is 3.01. The Balaban J connectivity index is 1.55. The number of anilines is 2. The zero-order valence-electron chi connectivity index (χ0n) is 14.3. The van der Waals surface area contributed by atoms with Gasteiger partial charge in [0.1, 0.15) is 6.33 Å². The third-order valence-corrected chi connectivity index (χ3v) is 4.39. The summed E-state index contributed by atoms with van der Waals surface area (Å²) in [5, 5.41) is 12.7. The van der Waals surface area contributed by atoms with Crippen LogP contribution in [0, 0.1) is 0 Å². The Kier molecular flexibility index (Phi) is 4.04. The molecule has 0 unspecified atom stereocenters. The molecule has 25 heavy (non-hydrogen) atoms. The molecule has 1 fully saturated rings. The summed E-state index contributed by atoms with van der Waals surface area (Å²) in [6.45, 7) is 5.47. The van der Waals surface area contributed by atoms with E-state index in [2.05, 4.69) is 48.1 Å². The van der Waals surface area contributed by atoms with Crippen molar-refractivity contribution in [3.05, 3.63) is 30.4 Å². The highest BCUT2D eigenvalue weighted by Gasteiger charge is 2.22. The number of nitrogens with zero attached hydrogens (tertiary/aromatic N) is 8. The van der Waals surface area contributed by atoms with Crippen LogP contribution < -0.4 is 14.5 Å². The molecule has 0 aromatic carbocycles. The van der Waals surface area contributed by atoms with E-state index in [4.69, 9.17) is 4.74 Å². The number of methoxy groups -OCH3 is 1. The van der Waals surface area contributed by atoms with Gasteiger partial charge in [0.25, 0.3) is 0 Å². The van der Waals surface area contributed by atoms with Crippen molar-refractivity contribution in [2.45, 2.75) is 13.3 Å². The quantitative estimate of drug-likeness (QED) is 0.690. The van der Waals surface area contributed by atoms with Crippen molar-refractivity contribution in [2.75, 3.05) is 43.1 Å². The summed E-state index contributed by atoms with van der Waals surface area (Å²) in [5.74, 6) is 1.29. The normalized spacial score (nSPS) is 15.0. The minimum atomic E-state index is 0.583. The molecule has 9 nitrogen and oxygen atoms in total. The summed E-state index contributed by atoms with van der Waals surface area (Å²) in [4.78, 5) is 13.3. The van der Waals surface area contributed by atoms with Crippen molar-refractivity contribution < 1.29 is 4.74 Å². The number of rotatable bonds is 4. The van der Waals surface area contributed by atoms with Gasteiger partial charge in [-0.1, -0.05) is 6.92 Å². The molecule has 0 bridgehead atoms. The molecule has 3 aromatic heterocycles. The molecular weight excluding hydrogens is 320 g/mol. The zero-order valence-corrected chi connectivity index (χ0v) is 14.3. The van der Waals surface area contributed by atoms with Crippen LogP contribution in [0.1, 0.15) is 12.6 Å². The lowest BCUT2D eigenvalue weighted by atomic mass is 10.2. The molecule has 3 aromatic rings. The summed E-state index contributed by atoms with van der Waals surface area (Å²) in [6, 6.07) is 3.87. The van der Waals surface area contributed by atoms with E-state index in [-0.39, 0.29) is 0 Å². The fourth-order valence-electron chi connectivity index (χ4n) is 3.01. The standard InChI is InChI=1S/C16H20N8O/c1-3-12-10-13(15-20-18-11-24(15)21-12)22-6-8-23(9-7-22)16-17-5-4-14(19-16)25-2/h4-5,10-11H,3,6-9H2,1-2H3. The molecule has 0 N–H and O–H groups in total. The van der Waals surface area contributed by atoms with E-state index in [1.54, 1.807) is 30.2 Å². The first-order valence-corrected chi connectivity index (χ1v) is 8.35. The number of hydrogen-bond acceptors (Lipinski definition) is 8. The minimum Gasteiger partial charge on any atom is -0.481 e. The Morgan fingerprint density at radius 1 is 1.16 bits per heavy atom. The molecule has 1 aliphatic rings. The Labute approximate surface area is 145 Å². The molecule has 9 heteroatoms. The number of ether oxygens (including phenoxy) is 1. The second-order valence-corrected chi connectivity index (χ2v) is 5.85. The van der Waals surface area contributed by atoms with Crippen LogP contribution in [-0.2, 0) is 6.42 Å². The van der Waals surface area contributed by atoms with Gasteiger partial charge in [-0.05, 0) is 12.5 Å². The number of fused-ring (bicyclic) bond motifs is 1. The smallest absolute Gasteiger partial charge is 0.228 e. The fraction of sp³-hybridized carbons (Fsp3) is 0.438. The van der Waals surface area contributed by atoms with Gasteiger partial charge in [0, 0.05) is 38.4 Å². The van der Waals surface area contributed by atoms with E-state index in [9.17, 15) is 0 Å². The maximum atomic E-state index is 5.19. The van der Waals surface area contributed by atoms with Gasteiger partial charge in [0.2, 0.25) is 17.5 Å². The number of aromatic nitrogens is 6. The van der Waals surface area contributed by atoms with E-state index in [1.165, 1.54) is 0 Å². The van der Waals surface area contributed by atoms with E-state index in [0.29, 0.717) is 11.8 Å². The van der Waals surface area contributed by atoms with Gasteiger partial charge < -0.3 is 14.5 Å². The van der Waals surface area contributed by atoms with Crippen molar-refractivity contribution in [3.63, 3.8) is 0 Å². The van der Waals surface area contributed by atoms with Gasteiger partial charge in [0.15, 0.2) is 0 Å². The van der Waals surface area contributed by atoms with Crippen LogP contribution in [0.3, 0.4) is 0 Å².